The van der Waals surface area contributed by atoms with Crippen LogP contribution in [0.3, 0.4) is 0 Å². The third-order valence-electron chi connectivity index (χ3n) is 1.91. The molecule has 0 amide bonds. The van der Waals surface area contributed by atoms with Gasteiger partial charge in [0.15, 0.2) is 0 Å². The Morgan fingerprint density at radius 3 is 3.00 bits per heavy atom. The largest absolute Gasteiger partial charge is 0.465 e. The van der Waals surface area contributed by atoms with E-state index in [-0.39, 0.29) is 5.15 Å². The smallest absolute Gasteiger partial charge is 0.341 e. The first kappa shape index (κ1) is 9.02. The van der Waals surface area contributed by atoms with E-state index in [1.807, 2.05) is 0 Å². The average molecular weight is 211 g/mol. The quantitative estimate of drug-likeness (QED) is 0.532. The fourth-order valence-electron chi connectivity index (χ4n) is 1.22. The van der Waals surface area contributed by atoms with Crippen LogP contribution in [0.4, 0.5) is 0 Å². The van der Waals surface area contributed by atoms with Gasteiger partial charge in [-0.05, 0) is 18.2 Å². The van der Waals surface area contributed by atoms with Crippen molar-refractivity contribution in [3.63, 3.8) is 0 Å². The van der Waals surface area contributed by atoms with Crippen LogP contribution in [0.2, 0.25) is 5.15 Å². The van der Waals surface area contributed by atoms with Gasteiger partial charge < -0.3 is 4.74 Å². The molecule has 14 heavy (non-hydrogen) atoms. The lowest BCUT2D eigenvalue weighted by Crippen LogP contribution is -2.05. The van der Waals surface area contributed by atoms with E-state index >= 15 is 0 Å². The molecule has 0 spiro atoms. The summed E-state index contributed by atoms with van der Waals surface area (Å²) < 4.78 is 6.06. The van der Waals surface area contributed by atoms with Gasteiger partial charge in [-0.3, -0.25) is 0 Å². The first-order chi connectivity index (χ1) is 6.74. The maximum absolute atomic E-state index is 11.3. The Hall–Kier alpha value is -1.55. The Morgan fingerprint density at radius 1 is 1.50 bits per heavy atom. The molecule has 0 N–H and O–H groups in total. The number of esters is 1. The summed E-state index contributed by atoms with van der Waals surface area (Å²) in [6.45, 7) is 0. The molecular formula is C9H7ClN2O2. The van der Waals surface area contributed by atoms with Crippen LogP contribution < -0.4 is 0 Å². The molecule has 2 rings (SSSR count). The molecule has 0 aliphatic rings. The van der Waals surface area contributed by atoms with Gasteiger partial charge in [-0.1, -0.05) is 11.6 Å². The van der Waals surface area contributed by atoms with Crippen molar-refractivity contribution in [2.45, 2.75) is 0 Å². The SMILES string of the molecule is COC(=O)c1ccc2ccnn2c1Cl. The maximum atomic E-state index is 11.3. The van der Waals surface area contributed by atoms with E-state index in [1.54, 1.807) is 24.4 Å². The van der Waals surface area contributed by atoms with E-state index in [0.717, 1.165) is 5.52 Å². The molecule has 5 heteroatoms. The standard InChI is InChI=1S/C9H7ClN2O2/c1-14-9(13)7-3-2-6-4-5-11-12(6)8(7)10/h2-5H,1H3. The normalized spacial score (nSPS) is 10.4. The summed E-state index contributed by atoms with van der Waals surface area (Å²) in [6.07, 6.45) is 1.61. The Bertz CT molecular complexity index is 493. The van der Waals surface area contributed by atoms with Crippen LogP contribution in [-0.4, -0.2) is 22.7 Å². The average Bonchev–Trinajstić information content (AvgIpc) is 2.66. The second-order valence-corrected chi connectivity index (χ2v) is 3.06. The van der Waals surface area contributed by atoms with Gasteiger partial charge in [-0.2, -0.15) is 5.10 Å². The van der Waals surface area contributed by atoms with Gasteiger partial charge in [0.25, 0.3) is 0 Å². The van der Waals surface area contributed by atoms with Gasteiger partial charge in [0, 0.05) is 0 Å². The number of hydrogen-bond acceptors (Lipinski definition) is 3. The van der Waals surface area contributed by atoms with Crippen molar-refractivity contribution in [2.24, 2.45) is 0 Å². The van der Waals surface area contributed by atoms with Crippen molar-refractivity contribution in [1.29, 1.82) is 0 Å². The number of nitrogens with zero attached hydrogens (tertiary/aromatic N) is 2. The molecule has 2 aromatic heterocycles. The Labute approximate surface area is 85.0 Å². The van der Waals surface area contributed by atoms with Crippen molar-refractivity contribution >= 4 is 23.1 Å². The van der Waals surface area contributed by atoms with E-state index < -0.39 is 5.97 Å². The zero-order valence-electron chi connectivity index (χ0n) is 7.40. The number of carbonyl (C=O) groups excluding carboxylic acids is 1. The highest BCUT2D eigenvalue weighted by atomic mass is 35.5. The van der Waals surface area contributed by atoms with Crippen LogP contribution >= 0.6 is 11.6 Å². The molecule has 0 saturated carbocycles. The van der Waals surface area contributed by atoms with Crippen molar-refractivity contribution in [3.8, 4) is 0 Å². The van der Waals surface area contributed by atoms with E-state index in [1.165, 1.54) is 11.6 Å². The lowest BCUT2D eigenvalue weighted by Gasteiger charge is -2.03. The van der Waals surface area contributed by atoms with Crippen LogP contribution in [0.25, 0.3) is 5.52 Å². The zero-order chi connectivity index (χ0) is 10.1. The summed E-state index contributed by atoms with van der Waals surface area (Å²) in [5.41, 5.74) is 1.15. The van der Waals surface area contributed by atoms with Crippen LogP contribution in [0, 0.1) is 0 Å². The Balaban J connectivity index is 2.67. The van der Waals surface area contributed by atoms with Crippen LogP contribution in [0.1, 0.15) is 10.4 Å². The van der Waals surface area contributed by atoms with Gasteiger partial charge in [0.1, 0.15) is 5.15 Å². The molecule has 0 atom stereocenters. The molecule has 2 aromatic rings. The van der Waals surface area contributed by atoms with Gasteiger partial charge in [-0.15, -0.1) is 0 Å². The van der Waals surface area contributed by atoms with Crippen molar-refractivity contribution in [3.05, 3.63) is 35.1 Å². The topological polar surface area (TPSA) is 43.6 Å². The number of rotatable bonds is 1. The minimum absolute atomic E-state index is 0.263. The molecule has 0 aliphatic heterocycles. The van der Waals surface area contributed by atoms with Gasteiger partial charge >= 0.3 is 5.97 Å². The zero-order valence-corrected chi connectivity index (χ0v) is 8.15. The number of ether oxygens (including phenoxy) is 1. The molecule has 0 fully saturated rings. The number of carbonyl (C=O) groups is 1. The number of pyridine rings is 1. The van der Waals surface area contributed by atoms with Crippen molar-refractivity contribution in [1.82, 2.24) is 9.61 Å². The molecule has 72 valence electrons. The van der Waals surface area contributed by atoms with Crippen molar-refractivity contribution in [2.75, 3.05) is 7.11 Å². The highest BCUT2D eigenvalue weighted by molar-refractivity contribution is 6.32. The molecule has 0 radical (unpaired) electrons. The number of hydrogen-bond donors (Lipinski definition) is 0. The van der Waals surface area contributed by atoms with E-state index in [0.29, 0.717) is 5.56 Å². The molecule has 0 bridgehead atoms. The minimum Gasteiger partial charge on any atom is -0.465 e. The van der Waals surface area contributed by atoms with Crippen LogP contribution in [0.5, 0.6) is 0 Å². The first-order valence-corrected chi connectivity index (χ1v) is 4.32. The summed E-state index contributed by atoms with van der Waals surface area (Å²) in [5, 5.41) is 4.24. The monoisotopic (exact) mass is 210 g/mol. The molecular weight excluding hydrogens is 204 g/mol. The number of fused-ring (bicyclic) bond motifs is 1. The Morgan fingerprint density at radius 2 is 2.29 bits per heavy atom. The number of methoxy groups -OCH3 is 1. The summed E-state index contributed by atoms with van der Waals surface area (Å²) in [4.78, 5) is 11.3. The van der Waals surface area contributed by atoms with E-state index in [2.05, 4.69) is 9.84 Å². The molecule has 0 aliphatic carbocycles. The molecule has 2 heterocycles. The lowest BCUT2D eigenvalue weighted by atomic mass is 10.3. The summed E-state index contributed by atoms with van der Waals surface area (Å²) in [7, 11) is 1.31. The highest BCUT2D eigenvalue weighted by Crippen LogP contribution is 2.18. The third-order valence-corrected chi connectivity index (χ3v) is 2.27. The predicted molar refractivity (Wildman–Crippen MR) is 51.5 cm³/mol. The van der Waals surface area contributed by atoms with Gasteiger partial charge in [-0.25, -0.2) is 9.31 Å². The van der Waals surface area contributed by atoms with Gasteiger partial charge in [0.05, 0.1) is 24.4 Å². The first-order valence-electron chi connectivity index (χ1n) is 3.94. The highest BCUT2D eigenvalue weighted by Gasteiger charge is 2.13. The van der Waals surface area contributed by atoms with Crippen LogP contribution in [-0.2, 0) is 4.74 Å². The maximum Gasteiger partial charge on any atom is 0.341 e. The minimum atomic E-state index is -0.465. The molecule has 0 aromatic carbocycles. The fourth-order valence-corrected chi connectivity index (χ4v) is 1.50. The predicted octanol–water partition coefficient (Wildman–Crippen LogP) is 1.77. The molecule has 0 saturated heterocycles. The number of halogens is 1. The third kappa shape index (κ3) is 1.24. The van der Waals surface area contributed by atoms with Crippen LogP contribution in [0.15, 0.2) is 24.4 Å². The van der Waals surface area contributed by atoms with Gasteiger partial charge in [0.2, 0.25) is 0 Å². The summed E-state index contributed by atoms with van der Waals surface area (Å²) in [6, 6.07) is 5.17. The summed E-state index contributed by atoms with van der Waals surface area (Å²) in [5.74, 6) is -0.465. The fraction of sp³-hybridized carbons (Fsp3) is 0.111. The van der Waals surface area contributed by atoms with Crippen molar-refractivity contribution < 1.29 is 9.53 Å². The summed E-state index contributed by atoms with van der Waals surface area (Å²) >= 11 is 5.96. The molecule has 4 nitrogen and oxygen atoms in total. The Kier molecular flexibility index (Phi) is 2.13. The second kappa shape index (κ2) is 3.31. The lowest BCUT2D eigenvalue weighted by molar-refractivity contribution is 0.0600. The van der Waals surface area contributed by atoms with E-state index in [4.69, 9.17) is 11.6 Å². The number of aromatic nitrogens is 2. The second-order valence-electron chi connectivity index (χ2n) is 2.70. The molecule has 0 unspecified atom stereocenters. The van der Waals surface area contributed by atoms with E-state index in [9.17, 15) is 4.79 Å².